The lowest BCUT2D eigenvalue weighted by Crippen LogP contribution is -2.13. The monoisotopic (exact) mass is 251 g/mol. The van der Waals surface area contributed by atoms with E-state index >= 15 is 0 Å². The molecule has 0 radical (unpaired) electrons. The van der Waals surface area contributed by atoms with Gasteiger partial charge in [-0.1, -0.05) is 23.7 Å². The Labute approximate surface area is 105 Å². The van der Waals surface area contributed by atoms with Gasteiger partial charge in [-0.3, -0.25) is 0 Å². The zero-order chi connectivity index (χ0) is 11.5. The van der Waals surface area contributed by atoms with Crippen molar-refractivity contribution in [1.29, 1.82) is 0 Å². The van der Waals surface area contributed by atoms with Gasteiger partial charge in [0, 0.05) is 15.9 Å². The molecule has 0 bridgehead atoms. The Bertz CT molecular complexity index is 461. The Morgan fingerprint density at radius 3 is 2.50 bits per heavy atom. The van der Waals surface area contributed by atoms with Gasteiger partial charge >= 0.3 is 0 Å². The molecule has 0 spiro atoms. The van der Waals surface area contributed by atoms with E-state index < -0.39 is 0 Å². The molecule has 2 rings (SSSR count). The first-order valence-electron chi connectivity index (χ1n) is 5.21. The van der Waals surface area contributed by atoms with Crippen molar-refractivity contribution >= 4 is 22.9 Å². The SMILES string of the molecule is Cc1sccc1C(N)Cc1ccc(Cl)cc1. The van der Waals surface area contributed by atoms with Gasteiger partial charge in [0.25, 0.3) is 0 Å². The van der Waals surface area contributed by atoms with E-state index in [1.54, 1.807) is 11.3 Å². The summed E-state index contributed by atoms with van der Waals surface area (Å²) in [5.41, 5.74) is 8.66. The van der Waals surface area contributed by atoms with Crippen LogP contribution in [0.25, 0.3) is 0 Å². The van der Waals surface area contributed by atoms with E-state index in [0.29, 0.717) is 0 Å². The summed E-state index contributed by atoms with van der Waals surface area (Å²) < 4.78 is 0. The first-order chi connectivity index (χ1) is 7.66. The Kier molecular flexibility index (Phi) is 3.64. The van der Waals surface area contributed by atoms with Crippen molar-refractivity contribution in [2.45, 2.75) is 19.4 Å². The summed E-state index contributed by atoms with van der Waals surface area (Å²) in [7, 11) is 0. The number of benzene rings is 1. The van der Waals surface area contributed by atoms with Gasteiger partial charge in [0.2, 0.25) is 0 Å². The molecule has 2 N–H and O–H groups in total. The molecule has 1 aromatic heterocycles. The lowest BCUT2D eigenvalue weighted by molar-refractivity contribution is 0.721. The fourth-order valence-corrected chi connectivity index (χ4v) is 2.66. The fourth-order valence-electron chi connectivity index (χ4n) is 1.76. The molecule has 1 nitrogen and oxygen atoms in total. The molecule has 16 heavy (non-hydrogen) atoms. The molecule has 1 heterocycles. The van der Waals surface area contributed by atoms with E-state index in [-0.39, 0.29) is 6.04 Å². The van der Waals surface area contributed by atoms with Gasteiger partial charge in [-0.25, -0.2) is 0 Å². The minimum absolute atomic E-state index is 0.0763. The van der Waals surface area contributed by atoms with Crippen LogP contribution in [-0.4, -0.2) is 0 Å². The van der Waals surface area contributed by atoms with Crippen LogP contribution >= 0.6 is 22.9 Å². The quantitative estimate of drug-likeness (QED) is 0.878. The largest absolute Gasteiger partial charge is 0.324 e. The molecule has 84 valence electrons. The van der Waals surface area contributed by atoms with Crippen molar-refractivity contribution in [2.24, 2.45) is 5.73 Å². The van der Waals surface area contributed by atoms with E-state index in [4.69, 9.17) is 17.3 Å². The summed E-state index contributed by atoms with van der Waals surface area (Å²) >= 11 is 7.59. The maximum Gasteiger partial charge on any atom is 0.0406 e. The topological polar surface area (TPSA) is 26.0 Å². The summed E-state index contributed by atoms with van der Waals surface area (Å²) in [4.78, 5) is 1.31. The smallest absolute Gasteiger partial charge is 0.0406 e. The number of nitrogens with two attached hydrogens (primary N) is 1. The Morgan fingerprint density at radius 2 is 1.94 bits per heavy atom. The van der Waals surface area contributed by atoms with Crippen LogP contribution in [0, 0.1) is 6.92 Å². The van der Waals surface area contributed by atoms with Crippen molar-refractivity contribution in [2.75, 3.05) is 0 Å². The fraction of sp³-hybridized carbons (Fsp3) is 0.231. The highest BCUT2D eigenvalue weighted by molar-refractivity contribution is 7.10. The molecule has 0 aliphatic carbocycles. The van der Waals surface area contributed by atoms with Crippen LogP contribution in [0.1, 0.15) is 22.0 Å². The van der Waals surface area contributed by atoms with Gasteiger partial charge in [-0.2, -0.15) is 0 Å². The second-order valence-corrected chi connectivity index (χ2v) is 5.43. The van der Waals surface area contributed by atoms with Crippen LogP contribution in [0.3, 0.4) is 0 Å². The lowest BCUT2D eigenvalue weighted by Gasteiger charge is -2.11. The van der Waals surface area contributed by atoms with Gasteiger partial charge in [0.05, 0.1) is 0 Å². The Hall–Kier alpha value is -0.830. The third-order valence-corrected chi connectivity index (χ3v) is 3.78. The van der Waals surface area contributed by atoms with Crippen molar-refractivity contribution in [3.63, 3.8) is 0 Å². The second-order valence-electron chi connectivity index (χ2n) is 3.87. The molecule has 0 aliphatic heterocycles. The number of aryl methyl sites for hydroxylation is 1. The van der Waals surface area contributed by atoms with E-state index in [1.807, 2.05) is 24.3 Å². The van der Waals surface area contributed by atoms with Crippen LogP contribution in [0.4, 0.5) is 0 Å². The van der Waals surface area contributed by atoms with Crippen molar-refractivity contribution in [3.05, 3.63) is 56.7 Å². The highest BCUT2D eigenvalue weighted by atomic mass is 35.5. The van der Waals surface area contributed by atoms with Crippen LogP contribution in [0.5, 0.6) is 0 Å². The summed E-state index contributed by atoms with van der Waals surface area (Å²) in [6.45, 7) is 2.11. The zero-order valence-electron chi connectivity index (χ0n) is 9.11. The second kappa shape index (κ2) is 5.00. The highest BCUT2D eigenvalue weighted by Crippen LogP contribution is 2.24. The van der Waals surface area contributed by atoms with Crippen LogP contribution in [0.2, 0.25) is 5.02 Å². The molecular weight excluding hydrogens is 238 g/mol. The van der Waals surface area contributed by atoms with Crippen LogP contribution in [0.15, 0.2) is 35.7 Å². The van der Waals surface area contributed by atoms with Gasteiger partial charge in [0.1, 0.15) is 0 Å². The number of halogens is 1. The molecule has 3 heteroatoms. The zero-order valence-corrected chi connectivity index (χ0v) is 10.7. The van der Waals surface area contributed by atoms with E-state index in [1.165, 1.54) is 16.0 Å². The van der Waals surface area contributed by atoms with Gasteiger partial charge in [0.15, 0.2) is 0 Å². The molecule has 1 aromatic carbocycles. The molecule has 0 aliphatic rings. The molecule has 0 saturated heterocycles. The highest BCUT2D eigenvalue weighted by Gasteiger charge is 2.10. The van der Waals surface area contributed by atoms with Crippen LogP contribution < -0.4 is 5.73 Å². The number of hydrogen-bond acceptors (Lipinski definition) is 2. The maximum atomic E-state index is 6.18. The van der Waals surface area contributed by atoms with Crippen LogP contribution in [-0.2, 0) is 6.42 Å². The van der Waals surface area contributed by atoms with Crippen molar-refractivity contribution in [1.82, 2.24) is 0 Å². The third kappa shape index (κ3) is 2.64. The molecule has 1 atom stereocenters. The minimum atomic E-state index is 0.0763. The Morgan fingerprint density at radius 1 is 1.25 bits per heavy atom. The molecule has 0 saturated carbocycles. The average molecular weight is 252 g/mol. The van der Waals surface area contributed by atoms with E-state index in [0.717, 1.165) is 11.4 Å². The predicted octanol–water partition coefficient (Wildman–Crippen LogP) is 3.95. The normalized spacial score (nSPS) is 12.7. The summed E-state index contributed by atoms with van der Waals surface area (Å²) in [6, 6.07) is 10.1. The van der Waals surface area contributed by atoms with Crippen molar-refractivity contribution < 1.29 is 0 Å². The minimum Gasteiger partial charge on any atom is -0.324 e. The van der Waals surface area contributed by atoms with Crippen molar-refractivity contribution in [3.8, 4) is 0 Å². The molecule has 1 unspecified atom stereocenters. The Balaban J connectivity index is 2.10. The summed E-state index contributed by atoms with van der Waals surface area (Å²) in [6.07, 6.45) is 0.856. The van der Waals surface area contributed by atoms with Gasteiger partial charge < -0.3 is 5.73 Å². The van der Waals surface area contributed by atoms with E-state index in [2.05, 4.69) is 18.4 Å². The molecular formula is C13H14ClNS. The number of thiophene rings is 1. The molecule has 0 fully saturated rings. The summed E-state index contributed by atoms with van der Waals surface area (Å²) in [5, 5.41) is 2.86. The lowest BCUT2D eigenvalue weighted by atomic mass is 10.0. The maximum absolute atomic E-state index is 6.18. The van der Waals surface area contributed by atoms with E-state index in [9.17, 15) is 0 Å². The number of hydrogen-bond donors (Lipinski definition) is 1. The summed E-state index contributed by atoms with van der Waals surface area (Å²) in [5.74, 6) is 0. The first-order valence-corrected chi connectivity index (χ1v) is 6.46. The standard InChI is InChI=1S/C13H14ClNS/c1-9-12(6-7-16-9)13(15)8-10-2-4-11(14)5-3-10/h2-7,13H,8,15H2,1H3. The molecule has 2 aromatic rings. The number of rotatable bonds is 3. The first kappa shape index (κ1) is 11.6. The molecule has 0 amide bonds. The van der Waals surface area contributed by atoms with Gasteiger partial charge in [-0.15, -0.1) is 11.3 Å². The third-order valence-electron chi connectivity index (χ3n) is 2.67. The van der Waals surface area contributed by atoms with Gasteiger partial charge in [-0.05, 0) is 48.1 Å². The predicted molar refractivity (Wildman–Crippen MR) is 71.1 cm³/mol. The average Bonchev–Trinajstić information content (AvgIpc) is 2.68.